The molecule has 0 saturated heterocycles. The van der Waals surface area contributed by atoms with Crippen LogP contribution in [0, 0.1) is 6.92 Å². The lowest BCUT2D eigenvalue weighted by Crippen LogP contribution is -2.21. The van der Waals surface area contributed by atoms with Crippen LogP contribution in [-0.4, -0.2) is 36.0 Å². The van der Waals surface area contributed by atoms with Gasteiger partial charge in [-0.05, 0) is 12.5 Å². The monoisotopic (exact) mass is 213 g/mol. The second-order valence-corrected chi connectivity index (χ2v) is 3.99. The third-order valence-electron chi connectivity index (χ3n) is 1.87. The van der Waals surface area contributed by atoms with E-state index >= 15 is 0 Å². The molecule has 0 aliphatic carbocycles. The van der Waals surface area contributed by atoms with E-state index in [4.69, 9.17) is 5.11 Å². The van der Waals surface area contributed by atoms with Gasteiger partial charge in [-0.1, -0.05) is 0 Å². The third kappa shape index (κ3) is 1.77. The highest BCUT2D eigenvalue weighted by molar-refractivity contribution is 7.12. The molecular formula is C9H11NO3S. The minimum absolute atomic E-state index is 0.153. The first kappa shape index (κ1) is 10.7. The van der Waals surface area contributed by atoms with Crippen LogP contribution >= 0.6 is 11.3 Å². The summed E-state index contributed by atoms with van der Waals surface area (Å²) in [4.78, 5) is 24.2. The maximum Gasteiger partial charge on any atom is 0.336 e. The second kappa shape index (κ2) is 3.79. The van der Waals surface area contributed by atoms with Crippen LogP contribution in [0.25, 0.3) is 0 Å². The Bertz CT molecular complexity index is 381. The number of rotatable bonds is 2. The molecule has 5 heteroatoms. The second-order valence-electron chi connectivity index (χ2n) is 3.11. The molecular weight excluding hydrogens is 202 g/mol. The maximum atomic E-state index is 11.5. The van der Waals surface area contributed by atoms with Crippen molar-refractivity contribution in [2.75, 3.05) is 14.1 Å². The summed E-state index contributed by atoms with van der Waals surface area (Å²) in [7, 11) is 3.28. The molecule has 0 atom stereocenters. The van der Waals surface area contributed by atoms with Crippen molar-refractivity contribution >= 4 is 23.2 Å². The third-order valence-corrected chi connectivity index (χ3v) is 2.94. The number of hydrogen-bond acceptors (Lipinski definition) is 3. The van der Waals surface area contributed by atoms with Crippen molar-refractivity contribution in [2.24, 2.45) is 0 Å². The van der Waals surface area contributed by atoms with E-state index in [1.807, 2.05) is 0 Å². The van der Waals surface area contributed by atoms with Crippen LogP contribution < -0.4 is 0 Å². The zero-order chi connectivity index (χ0) is 10.9. The molecule has 0 spiro atoms. The summed E-state index contributed by atoms with van der Waals surface area (Å²) in [5.41, 5.74) is 0.751. The van der Waals surface area contributed by atoms with Crippen LogP contribution in [0.4, 0.5) is 0 Å². The number of thiophene rings is 1. The van der Waals surface area contributed by atoms with Crippen LogP contribution in [0.3, 0.4) is 0 Å². The van der Waals surface area contributed by atoms with Crippen LogP contribution in [-0.2, 0) is 0 Å². The molecule has 1 rings (SSSR count). The molecule has 0 saturated carbocycles. The smallest absolute Gasteiger partial charge is 0.336 e. The Morgan fingerprint density at radius 2 is 2.00 bits per heavy atom. The van der Waals surface area contributed by atoms with E-state index in [-0.39, 0.29) is 11.5 Å². The van der Waals surface area contributed by atoms with Crippen LogP contribution in [0.1, 0.15) is 25.6 Å². The Morgan fingerprint density at radius 1 is 1.43 bits per heavy atom. The van der Waals surface area contributed by atoms with Crippen molar-refractivity contribution in [3.63, 3.8) is 0 Å². The lowest BCUT2D eigenvalue weighted by Gasteiger charge is -2.08. The standard InChI is InChI=1S/C9H11NO3S/c1-5-6(9(12)13)4-14-7(5)8(11)10(2)3/h4H,1-3H3,(H,12,13). The van der Waals surface area contributed by atoms with Crippen molar-refractivity contribution < 1.29 is 14.7 Å². The Morgan fingerprint density at radius 3 is 2.36 bits per heavy atom. The van der Waals surface area contributed by atoms with Gasteiger partial charge in [-0.3, -0.25) is 4.79 Å². The first-order valence-electron chi connectivity index (χ1n) is 3.98. The summed E-state index contributed by atoms with van der Waals surface area (Å²) in [5, 5.41) is 10.3. The SMILES string of the molecule is Cc1c(C(=O)O)csc1C(=O)N(C)C. The highest BCUT2D eigenvalue weighted by Gasteiger charge is 2.19. The number of nitrogens with zero attached hydrogens (tertiary/aromatic N) is 1. The summed E-state index contributed by atoms with van der Waals surface area (Å²) in [6, 6.07) is 0. The van der Waals surface area contributed by atoms with Crippen molar-refractivity contribution in [1.29, 1.82) is 0 Å². The summed E-state index contributed by atoms with van der Waals surface area (Å²) >= 11 is 1.17. The number of carboxylic acids is 1. The largest absolute Gasteiger partial charge is 0.478 e. The molecule has 0 unspecified atom stereocenters. The number of carboxylic acid groups (broad SMARTS) is 1. The lowest BCUT2D eigenvalue weighted by atomic mass is 10.1. The van der Waals surface area contributed by atoms with E-state index in [1.54, 1.807) is 21.0 Å². The molecule has 0 aliphatic rings. The Hall–Kier alpha value is -1.36. The molecule has 4 nitrogen and oxygen atoms in total. The number of amides is 1. The Labute approximate surface area is 85.8 Å². The zero-order valence-corrected chi connectivity index (χ0v) is 9.01. The average Bonchev–Trinajstić information content (AvgIpc) is 2.45. The molecule has 0 fully saturated rings. The quantitative estimate of drug-likeness (QED) is 0.809. The maximum absolute atomic E-state index is 11.5. The summed E-state index contributed by atoms with van der Waals surface area (Å²) in [6.45, 7) is 1.65. The van der Waals surface area contributed by atoms with Crippen LogP contribution in [0.15, 0.2) is 5.38 Å². The van der Waals surface area contributed by atoms with Gasteiger partial charge >= 0.3 is 5.97 Å². The minimum Gasteiger partial charge on any atom is -0.478 e. The summed E-state index contributed by atoms with van der Waals surface area (Å²) in [5.74, 6) is -1.14. The molecule has 0 aromatic carbocycles. The lowest BCUT2D eigenvalue weighted by molar-refractivity contribution is 0.0696. The van der Waals surface area contributed by atoms with Gasteiger partial charge in [-0.15, -0.1) is 11.3 Å². The molecule has 1 N–H and O–H groups in total. The average molecular weight is 213 g/mol. The Kier molecular flexibility index (Phi) is 2.90. The van der Waals surface area contributed by atoms with E-state index in [0.717, 1.165) is 0 Å². The summed E-state index contributed by atoms with van der Waals surface area (Å²) in [6.07, 6.45) is 0. The van der Waals surface area contributed by atoms with Crippen molar-refractivity contribution in [2.45, 2.75) is 6.92 Å². The van der Waals surface area contributed by atoms with Gasteiger partial charge < -0.3 is 10.0 Å². The molecule has 0 aliphatic heterocycles. The molecule has 76 valence electrons. The first-order chi connectivity index (χ1) is 6.45. The van der Waals surface area contributed by atoms with Gasteiger partial charge in [0.2, 0.25) is 0 Å². The van der Waals surface area contributed by atoms with Gasteiger partial charge in [0.25, 0.3) is 5.91 Å². The normalized spacial score (nSPS) is 9.93. The topological polar surface area (TPSA) is 57.6 Å². The highest BCUT2D eigenvalue weighted by Crippen LogP contribution is 2.22. The van der Waals surface area contributed by atoms with Crippen LogP contribution in [0.2, 0.25) is 0 Å². The molecule has 1 amide bonds. The number of carbonyl (C=O) groups excluding carboxylic acids is 1. The molecule has 1 heterocycles. The molecule has 0 radical (unpaired) electrons. The fourth-order valence-corrected chi connectivity index (χ4v) is 2.13. The summed E-state index contributed by atoms with van der Waals surface area (Å²) < 4.78 is 0. The molecule has 0 bridgehead atoms. The van der Waals surface area contributed by atoms with E-state index in [0.29, 0.717) is 10.4 Å². The fourth-order valence-electron chi connectivity index (χ4n) is 1.04. The van der Waals surface area contributed by atoms with Gasteiger partial charge in [-0.25, -0.2) is 4.79 Å². The first-order valence-corrected chi connectivity index (χ1v) is 4.86. The minimum atomic E-state index is -0.989. The fraction of sp³-hybridized carbons (Fsp3) is 0.333. The highest BCUT2D eigenvalue weighted by atomic mass is 32.1. The van der Waals surface area contributed by atoms with Crippen molar-refractivity contribution in [3.05, 3.63) is 21.4 Å². The van der Waals surface area contributed by atoms with Crippen molar-refractivity contribution in [3.8, 4) is 0 Å². The van der Waals surface area contributed by atoms with E-state index in [2.05, 4.69) is 0 Å². The van der Waals surface area contributed by atoms with Gasteiger partial charge in [0.15, 0.2) is 0 Å². The van der Waals surface area contributed by atoms with Gasteiger partial charge in [0.05, 0.1) is 10.4 Å². The number of aromatic carboxylic acids is 1. The zero-order valence-electron chi connectivity index (χ0n) is 8.20. The molecule has 1 aromatic heterocycles. The van der Waals surface area contributed by atoms with E-state index < -0.39 is 5.97 Å². The van der Waals surface area contributed by atoms with Gasteiger partial charge in [-0.2, -0.15) is 0 Å². The Balaban J connectivity index is 3.13. The van der Waals surface area contributed by atoms with Gasteiger partial charge in [0.1, 0.15) is 0 Å². The van der Waals surface area contributed by atoms with Gasteiger partial charge in [0, 0.05) is 19.5 Å². The van der Waals surface area contributed by atoms with E-state index in [9.17, 15) is 9.59 Å². The number of carbonyl (C=O) groups is 2. The molecule has 1 aromatic rings. The van der Waals surface area contributed by atoms with Crippen molar-refractivity contribution in [1.82, 2.24) is 4.90 Å². The predicted molar refractivity (Wildman–Crippen MR) is 54.0 cm³/mol. The van der Waals surface area contributed by atoms with E-state index in [1.165, 1.54) is 21.6 Å². The predicted octanol–water partition coefficient (Wildman–Crippen LogP) is 1.46. The molecule has 14 heavy (non-hydrogen) atoms. The van der Waals surface area contributed by atoms with Crippen LogP contribution in [0.5, 0.6) is 0 Å². The number of hydrogen-bond donors (Lipinski definition) is 1.